The summed E-state index contributed by atoms with van der Waals surface area (Å²) >= 11 is 0. The largest absolute Gasteiger partial charge is 0.395 e. The second kappa shape index (κ2) is 6.18. The third-order valence-corrected chi connectivity index (χ3v) is 3.84. The van der Waals surface area contributed by atoms with Crippen molar-refractivity contribution >= 4 is 0 Å². The van der Waals surface area contributed by atoms with E-state index in [2.05, 4.69) is 42.2 Å². The van der Waals surface area contributed by atoms with E-state index in [0.717, 1.165) is 19.5 Å². The second-order valence-electron chi connectivity index (χ2n) is 5.14. The maximum atomic E-state index is 9.40. The molecule has 0 spiro atoms. The summed E-state index contributed by atoms with van der Waals surface area (Å²) in [4.78, 5) is 2.46. The number of nitrogens with zero attached hydrogens (tertiary/aromatic N) is 1. The molecule has 1 fully saturated rings. The highest BCUT2D eigenvalue weighted by Crippen LogP contribution is 2.22. The fraction of sp³-hybridized carbons (Fsp3) is 0.600. The van der Waals surface area contributed by atoms with Crippen LogP contribution >= 0.6 is 0 Å². The zero-order valence-electron chi connectivity index (χ0n) is 10.7. The fourth-order valence-electron chi connectivity index (χ4n) is 2.75. The number of aliphatic hydroxyl groups is 1. The van der Waals surface area contributed by atoms with Gasteiger partial charge in [0, 0.05) is 12.6 Å². The average Bonchev–Trinajstić information content (AvgIpc) is 2.40. The lowest BCUT2D eigenvalue weighted by Gasteiger charge is -2.36. The molecule has 0 bridgehead atoms. The molecule has 1 aromatic rings. The summed E-state index contributed by atoms with van der Waals surface area (Å²) in [5, 5.41) is 9.40. The first-order valence-corrected chi connectivity index (χ1v) is 6.71. The Morgan fingerprint density at radius 3 is 2.76 bits per heavy atom. The van der Waals surface area contributed by atoms with Crippen molar-refractivity contribution < 1.29 is 5.11 Å². The fourth-order valence-corrected chi connectivity index (χ4v) is 2.75. The van der Waals surface area contributed by atoms with E-state index in [4.69, 9.17) is 0 Å². The molecule has 17 heavy (non-hydrogen) atoms. The van der Waals surface area contributed by atoms with E-state index in [1.54, 1.807) is 0 Å². The van der Waals surface area contributed by atoms with Crippen LogP contribution < -0.4 is 0 Å². The maximum absolute atomic E-state index is 9.40. The molecule has 0 saturated carbocycles. The molecule has 1 aromatic carbocycles. The lowest BCUT2D eigenvalue weighted by atomic mass is 9.97. The van der Waals surface area contributed by atoms with Crippen molar-refractivity contribution in [1.82, 2.24) is 4.90 Å². The van der Waals surface area contributed by atoms with Crippen molar-refractivity contribution in [3.8, 4) is 0 Å². The minimum absolute atomic E-state index is 0.307. The number of benzene rings is 1. The molecule has 94 valence electrons. The first-order chi connectivity index (χ1) is 8.31. The molecule has 1 N–H and O–H groups in total. The van der Waals surface area contributed by atoms with Crippen molar-refractivity contribution in [2.45, 2.75) is 38.1 Å². The van der Waals surface area contributed by atoms with E-state index in [1.165, 1.54) is 18.4 Å². The Morgan fingerprint density at radius 1 is 1.29 bits per heavy atom. The molecule has 1 heterocycles. The van der Waals surface area contributed by atoms with E-state index in [9.17, 15) is 5.11 Å². The van der Waals surface area contributed by atoms with Crippen LogP contribution in [-0.2, 0) is 0 Å². The van der Waals surface area contributed by atoms with Crippen LogP contribution in [0.3, 0.4) is 0 Å². The molecule has 2 nitrogen and oxygen atoms in total. The number of aliphatic hydroxyl groups excluding tert-OH is 1. The minimum atomic E-state index is 0.307. The SMILES string of the molecule is C[C@@H](CN1CCCC[C@@H]1CO)c1ccccc1. The Morgan fingerprint density at radius 2 is 2.06 bits per heavy atom. The number of rotatable bonds is 4. The van der Waals surface area contributed by atoms with Gasteiger partial charge in [-0.3, -0.25) is 4.90 Å². The topological polar surface area (TPSA) is 23.5 Å². The highest BCUT2D eigenvalue weighted by molar-refractivity contribution is 5.19. The van der Waals surface area contributed by atoms with Crippen molar-refractivity contribution in [3.63, 3.8) is 0 Å². The molecule has 2 heteroatoms. The monoisotopic (exact) mass is 233 g/mol. The molecule has 0 radical (unpaired) electrons. The summed E-state index contributed by atoms with van der Waals surface area (Å²) in [5.74, 6) is 0.545. The molecule has 0 amide bonds. The lowest BCUT2D eigenvalue weighted by Crippen LogP contribution is -2.43. The van der Waals surface area contributed by atoms with Gasteiger partial charge in [-0.25, -0.2) is 0 Å². The summed E-state index contributed by atoms with van der Waals surface area (Å²) in [6.07, 6.45) is 3.69. The van der Waals surface area contributed by atoms with Crippen LogP contribution in [0.4, 0.5) is 0 Å². The van der Waals surface area contributed by atoms with E-state index >= 15 is 0 Å². The van der Waals surface area contributed by atoms with E-state index < -0.39 is 0 Å². The standard InChI is InChI=1S/C15H23NO/c1-13(14-7-3-2-4-8-14)11-16-10-6-5-9-15(16)12-17/h2-4,7-8,13,15,17H,5-6,9-12H2,1H3/t13-,15+/m0/s1. The van der Waals surface area contributed by atoms with E-state index in [1.807, 2.05) is 0 Å². The second-order valence-corrected chi connectivity index (χ2v) is 5.14. The van der Waals surface area contributed by atoms with Crippen molar-refractivity contribution in [3.05, 3.63) is 35.9 Å². The van der Waals surface area contributed by atoms with Gasteiger partial charge in [-0.05, 0) is 30.9 Å². The van der Waals surface area contributed by atoms with Gasteiger partial charge in [0.1, 0.15) is 0 Å². The number of hydrogen-bond donors (Lipinski definition) is 1. The molecule has 1 saturated heterocycles. The molecule has 0 aliphatic carbocycles. The Labute approximate surface area is 104 Å². The summed E-state index contributed by atoms with van der Waals surface area (Å²) in [6, 6.07) is 11.0. The van der Waals surface area contributed by atoms with E-state index in [0.29, 0.717) is 18.6 Å². The smallest absolute Gasteiger partial charge is 0.0586 e. The molecule has 2 rings (SSSR count). The number of hydrogen-bond acceptors (Lipinski definition) is 2. The molecular formula is C15H23NO. The quantitative estimate of drug-likeness (QED) is 0.864. The van der Waals surface area contributed by atoms with Crippen LogP contribution in [0.2, 0.25) is 0 Å². The minimum Gasteiger partial charge on any atom is -0.395 e. The van der Waals surface area contributed by atoms with Gasteiger partial charge in [-0.15, -0.1) is 0 Å². The zero-order chi connectivity index (χ0) is 12.1. The number of likely N-dealkylation sites (tertiary alicyclic amines) is 1. The van der Waals surface area contributed by atoms with Crippen LogP contribution in [0, 0.1) is 0 Å². The molecular weight excluding hydrogens is 210 g/mol. The van der Waals surface area contributed by atoms with Crippen LogP contribution in [0.15, 0.2) is 30.3 Å². The third kappa shape index (κ3) is 3.30. The van der Waals surface area contributed by atoms with Gasteiger partial charge < -0.3 is 5.11 Å². The normalized spacial score (nSPS) is 23.5. The Kier molecular flexibility index (Phi) is 4.57. The predicted molar refractivity (Wildman–Crippen MR) is 71.2 cm³/mol. The van der Waals surface area contributed by atoms with Gasteiger partial charge in [0.25, 0.3) is 0 Å². The van der Waals surface area contributed by atoms with Gasteiger partial charge in [0.15, 0.2) is 0 Å². The van der Waals surface area contributed by atoms with Crippen LogP contribution in [0.1, 0.15) is 37.7 Å². The van der Waals surface area contributed by atoms with Gasteiger partial charge in [-0.2, -0.15) is 0 Å². The number of piperidine rings is 1. The highest BCUT2D eigenvalue weighted by atomic mass is 16.3. The summed E-state index contributed by atoms with van der Waals surface area (Å²) in [6.45, 7) is 4.79. The lowest BCUT2D eigenvalue weighted by molar-refractivity contribution is 0.0860. The van der Waals surface area contributed by atoms with Crippen molar-refractivity contribution in [2.75, 3.05) is 19.7 Å². The summed E-state index contributed by atoms with van der Waals surface area (Å²) in [5.41, 5.74) is 1.40. The molecule has 0 unspecified atom stereocenters. The Bertz CT molecular complexity index is 325. The van der Waals surface area contributed by atoms with Gasteiger partial charge in [-0.1, -0.05) is 43.7 Å². The Balaban J connectivity index is 1.95. The first kappa shape index (κ1) is 12.6. The van der Waals surface area contributed by atoms with Crippen LogP contribution in [0.25, 0.3) is 0 Å². The van der Waals surface area contributed by atoms with Gasteiger partial charge in [0.2, 0.25) is 0 Å². The first-order valence-electron chi connectivity index (χ1n) is 6.71. The maximum Gasteiger partial charge on any atom is 0.0586 e. The predicted octanol–water partition coefficient (Wildman–Crippen LogP) is 2.64. The summed E-state index contributed by atoms with van der Waals surface area (Å²) < 4.78 is 0. The van der Waals surface area contributed by atoms with Crippen LogP contribution in [0.5, 0.6) is 0 Å². The van der Waals surface area contributed by atoms with Crippen molar-refractivity contribution in [1.29, 1.82) is 0 Å². The third-order valence-electron chi connectivity index (χ3n) is 3.84. The molecule has 2 atom stereocenters. The van der Waals surface area contributed by atoms with Crippen molar-refractivity contribution in [2.24, 2.45) is 0 Å². The van der Waals surface area contributed by atoms with E-state index in [-0.39, 0.29) is 0 Å². The highest BCUT2D eigenvalue weighted by Gasteiger charge is 2.23. The van der Waals surface area contributed by atoms with Gasteiger partial charge in [0.05, 0.1) is 6.61 Å². The van der Waals surface area contributed by atoms with Crippen LogP contribution in [-0.4, -0.2) is 35.7 Å². The Hall–Kier alpha value is -0.860. The van der Waals surface area contributed by atoms with Gasteiger partial charge >= 0.3 is 0 Å². The molecule has 1 aliphatic rings. The zero-order valence-corrected chi connectivity index (χ0v) is 10.7. The average molecular weight is 233 g/mol. The molecule has 1 aliphatic heterocycles. The summed E-state index contributed by atoms with van der Waals surface area (Å²) in [7, 11) is 0. The molecule has 0 aromatic heterocycles.